The first kappa shape index (κ1) is 10.1. The van der Waals surface area contributed by atoms with Crippen LogP contribution < -0.4 is 0 Å². The molecule has 0 aromatic carbocycles. The Kier molecular flexibility index (Phi) is 2.97. The summed E-state index contributed by atoms with van der Waals surface area (Å²) in [7, 11) is 1.71. The van der Waals surface area contributed by atoms with Crippen molar-refractivity contribution in [3.8, 4) is 0 Å². The lowest BCUT2D eigenvalue weighted by molar-refractivity contribution is 0.194. The monoisotopic (exact) mass is 205 g/mol. The Morgan fingerprint density at radius 3 is 3.07 bits per heavy atom. The van der Waals surface area contributed by atoms with Crippen molar-refractivity contribution >= 4 is 5.65 Å². The van der Waals surface area contributed by atoms with E-state index in [0.29, 0.717) is 0 Å². The van der Waals surface area contributed by atoms with Gasteiger partial charge in [-0.3, -0.25) is 0 Å². The highest BCUT2D eigenvalue weighted by atomic mass is 16.5. The third kappa shape index (κ3) is 2.33. The van der Waals surface area contributed by atoms with Gasteiger partial charge in [0.2, 0.25) is 0 Å². The van der Waals surface area contributed by atoms with Gasteiger partial charge in [-0.05, 0) is 25.0 Å². The largest absolute Gasteiger partial charge is 0.385 e. The SMILES string of the molecule is COCCCc1nc2ccc(C)cn2n1. The first-order valence-electron chi connectivity index (χ1n) is 5.10. The summed E-state index contributed by atoms with van der Waals surface area (Å²) in [6.07, 6.45) is 3.82. The van der Waals surface area contributed by atoms with Gasteiger partial charge in [0, 0.05) is 26.3 Å². The van der Waals surface area contributed by atoms with Crippen LogP contribution >= 0.6 is 0 Å². The van der Waals surface area contributed by atoms with Crippen molar-refractivity contribution < 1.29 is 4.74 Å². The van der Waals surface area contributed by atoms with Crippen molar-refractivity contribution in [2.45, 2.75) is 19.8 Å². The number of methoxy groups -OCH3 is 1. The molecule has 0 unspecified atom stereocenters. The molecular formula is C11H15N3O. The minimum Gasteiger partial charge on any atom is -0.385 e. The van der Waals surface area contributed by atoms with Crippen LogP contribution in [0.5, 0.6) is 0 Å². The lowest BCUT2D eigenvalue weighted by atomic mass is 10.3. The van der Waals surface area contributed by atoms with Gasteiger partial charge < -0.3 is 4.74 Å². The summed E-state index contributed by atoms with van der Waals surface area (Å²) in [5, 5.41) is 4.40. The molecule has 2 aromatic heterocycles. The third-order valence-electron chi connectivity index (χ3n) is 2.27. The predicted octanol–water partition coefficient (Wildman–Crippen LogP) is 1.62. The minimum atomic E-state index is 0.759. The molecule has 0 atom stereocenters. The van der Waals surface area contributed by atoms with Crippen molar-refractivity contribution in [1.82, 2.24) is 14.6 Å². The molecule has 0 amide bonds. The smallest absolute Gasteiger partial charge is 0.155 e. The molecular weight excluding hydrogens is 190 g/mol. The Balaban J connectivity index is 2.16. The number of nitrogens with zero attached hydrogens (tertiary/aromatic N) is 3. The second-order valence-electron chi connectivity index (χ2n) is 3.63. The van der Waals surface area contributed by atoms with Crippen LogP contribution in [0.15, 0.2) is 18.3 Å². The quantitative estimate of drug-likeness (QED) is 0.712. The Morgan fingerprint density at radius 2 is 2.27 bits per heavy atom. The molecule has 0 spiro atoms. The lowest BCUT2D eigenvalue weighted by Crippen LogP contribution is -1.95. The van der Waals surface area contributed by atoms with E-state index in [2.05, 4.69) is 10.1 Å². The number of fused-ring (bicyclic) bond motifs is 1. The Morgan fingerprint density at radius 1 is 1.40 bits per heavy atom. The maximum atomic E-state index is 4.99. The van der Waals surface area contributed by atoms with Crippen molar-refractivity contribution in [3.05, 3.63) is 29.7 Å². The second-order valence-corrected chi connectivity index (χ2v) is 3.63. The fourth-order valence-corrected chi connectivity index (χ4v) is 1.51. The summed E-state index contributed by atoms with van der Waals surface area (Å²) in [5.41, 5.74) is 2.10. The van der Waals surface area contributed by atoms with E-state index < -0.39 is 0 Å². The molecule has 0 aliphatic carbocycles. The fraction of sp³-hybridized carbons (Fsp3) is 0.455. The number of hydrogen-bond acceptors (Lipinski definition) is 3. The zero-order valence-electron chi connectivity index (χ0n) is 9.10. The standard InChI is InChI=1S/C11H15N3O/c1-9-5-6-11-12-10(4-3-7-15-2)13-14(11)8-9/h5-6,8H,3-4,7H2,1-2H3. The maximum absolute atomic E-state index is 4.99. The van der Waals surface area contributed by atoms with E-state index in [0.717, 1.165) is 30.9 Å². The number of pyridine rings is 1. The molecule has 0 N–H and O–H groups in total. The molecule has 4 heteroatoms. The molecule has 4 nitrogen and oxygen atoms in total. The highest BCUT2D eigenvalue weighted by molar-refractivity contribution is 5.38. The highest BCUT2D eigenvalue weighted by Crippen LogP contribution is 2.05. The van der Waals surface area contributed by atoms with Crippen molar-refractivity contribution in [2.24, 2.45) is 0 Å². The average molecular weight is 205 g/mol. The first-order chi connectivity index (χ1) is 7.29. The summed E-state index contributed by atoms with van der Waals surface area (Å²) in [6, 6.07) is 4.03. The van der Waals surface area contributed by atoms with Gasteiger partial charge >= 0.3 is 0 Å². The number of hydrogen-bond donors (Lipinski definition) is 0. The number of aromatic nitrogens is 3. The van der Waals surface area contributed by atoms with Crippen LogP contribution in [0.25, 0.3) is 5.65 Å². The molecule has 0 bridgehead atoms. The number of rotatable bonds is 4. The topological polar surface area (TPSA) is 39.4 Å². The molecule has 2 rings (SSSR count). The van der Waals surface area contributed by atoms with Crippen LogP contribution in [0.4, 0.5) is 0 Å². The summed E-state index contributed by atoms with van der Waals surface area (Å²) in [6.45, 7) is 2.81. The van der Waals surface area contributed by atoms with E-state index in [1.54, 1.807) is 7.11 Å². The van der Waals surface area contributed by atoms with E-state index in [1.807, 2.05) is 29.8 Å². The van der Waals surface area contributed by atoms with Crippen LogP contribution in [0.1, 0.15) is 17.8 Å². The Hall–Kier alpha value is -1.42. The Labute approximate surface area is 88.9 Å². The Bertz CT molecular complexity index is 450. The van der Waals surface area contributed by atoms with Gasteiger partial charge in [0.15, 0.2) is 11.5 Å². The van der Waals surface area contributed by atoms with Crippen LogP contribution in [-0.4, -0.2) is 28.3 Å². The van der Waals surface area contributed by atoms with Crippen molar-refractivity contribution in [1.29, 1.82) is 0 Å². The predicted molar refractivity (Wildman–Crippen MR) is 57.9 cm³/mol. The van der Waals surface area contributed by atoms with Crippen LogP contribution in [0.2, 0.25) is 0 Å². The van der Waals surface area contributed by atoms with Gasteiger partial charge in [-0.15, -0.1) is 0 Å². The third-order valence-corrected chi connectivity index (χ3v) is 2.27. The lowest BCUT2D eigenvalue weighted by Gasteiger charge is -1.93. The molecule has 0 saturated heterocycles. The van der Waals surface area contributed by atoms with E-state index in [1.165, 1.54) is 5.56 Å². The van der Waals surface area contributed by atoms with Gasteiger partial charge in [-0.1, -0.05) is 6.07 Å². The first-order valence-corrected chi connectivity index (χ1v) is 5.10. The molecule has 0 saturated carbocycles. The molecule has 2 aromatic rings. The normalized spacial score (nSPS) is 11.1. The molecule has 0 aliphatic heterocycles. The molecule has 0 radical (unpaired) electrons. The van der Waals surface area contributed by atoms with E-state index >= 15 is 0 Å². The molecule has 2 heterocycles. The van der Waals surface area contributed by atoms with Gasteiger partial charge in [-0.2, -0.15) is 5.10 Å². The van der Waals surface area contributed by atoms with Gasteiger partial charge in [0.25, 0.3) is 0 Å². The molecule has 15 heavy (non-hydrogen) atoms. The van der Waals surface area contributed by atoms with Crippen molar-refractivity contribution in [3.63, 3.8) is 0 Å². The summed E-state index contributed by atoms with van der Waals surface area (Å²) < 4.78 is 6.83. The number of ether oxygens (including phenoxy) is 1. The van der Waals surface area contributed by atoms with Gasteiger partial charge in [0.1, 0.15) is 0 Å². The second kappa shape index (κ2) is 4.40. The fourth-order valence-electron chi connectivity index (χ4n) is 1.51. The average Bonchev–Trinajstić information content (AvgIpc) is 2.60. The summed E-state index contributed by atoms with van der Waals surface area (Å²) in [4.78, 5) is 4.42. The summed E-state index contributed by atoms with van der Waals surface area (Å²) in [5.74, 6) is 0.887. The zero-order valence-corrected chi connectivity index (χ0v) is 9.10. The molecule has 0 fully saturated rings. The maximum Gasteiger partial charge on any atom is 0.155 e. The van der Waals surface area contributed by atoms with Crippen LogP contribution in [0.3, 0.4) is 0 Å². The van der Waals surface area contributed by atoms with Gasteiger partial charge in [0.05, 0.1) is 0 Å². The van der Waals surface area contributed by atoms with Crippen LogP contribution in [0, 0.1) is 6.92 Å². The zero-order chi connectivity index (χ0) is 10.7. The van der Waals surface area contributed by atoms with E-state index in [9.17, 15) is 0 Å². The van der Waals surface area contributed by atoms with Crippen molar-refractivity contribution in [2.75, 3.05) is 13.7 Å². The minimum absolute atomic E-state index is 0.759. The molecule has 0 aliphatic rings. The van der Waals surface area contributed by atoms with Gasteiger partial charge in [-0.25, -0.2) is 9.50 Å². The summed E-state index contributed by atoms with van der Waals surface area (Å²) >= 11 is 0. The van der Waals surface area contributed by atoms with Crippen LogP contribution in [-0.2, 0) is 11.2 Å². The molecule has 80 valence electrons. The van der Waals surface area contributed by atoms with E-state index in [-0.39, 0.29) is 0 Å². The number of aryl methyl sites for hydroxylation is 2. The van der Waals surface area contributed by atoms with E-state index in [4.69, 9.17) is 4.74 Å². The highest BCUT2D eigenvalue weighted by Gasteiger charge is 2.02.